The molecule has 1 rings (SSSR count). The first-order valence-corrected chi connectivity index (χ1v) is 3.00. The summed E-state index contributed by atoms with van der Waals surface area (Å²) in [6.45, 7) is 1.87. The minimum absolute atomic E-state index is 0.567. The number of rotatable bonds is 1. The van der Waals surface area contributed by atoms with E-state index in [1.54, 1.807) is 19.2 Å². The summed E-state index contributed by atoms with van der Waals surface area (Å²) < 4.78 is 4.88. The number of ether oxygens (including phenoxy) is 1. The number of methoxy groups -OCH3 is 1. The topological polar surface area (TPSA) is 48.1 Å². The summed E-state index contributed by atoms with van der Waals surface area (Å²) in [5.41, 5.74) is 7.07. The van der Waals surface area contributed by atoms with Crippen molar-refractivity contribution in [2.24, 2.45) is 0 Å². The van der Waals surface area contributed by atoms with Gasteiger partial charge in [-0.2, -0.15) is 0 Å². The van der Waals surface area contributed by atoms with Crippen LogP contribution in [0, 0.1) is 6.92 Å². The fourth-order valence-electron chi connectivity index (χ4n) is 0.768. The number of hydrogen-bond acceptors (Lipinski definition) is 3. The lowest BCUT2D eigenvalue weighted by atomic mass is 10.3. The molecule has 3 nitrogen and oxygen atoms in total. The molecule has 1 heterocycles. The van der Waals surface area contributed by atoms with E-state index >= 15 is 0 Å². The average molecular weight is 138 g/mol. The predicted molar refractivity (Wildman–Crippen MR) is 39.9 cm³/mol. The summed E-state index contributed by atoms with van der Waals surface area (Å²) in [4.78, 5) is 4.05. The van der Waals surface area contributed by atoms with Crippen LogP contribution in [-0.4, -0.2) is 12.1 Å². The highest BCUT2D eigenvalue weighted by molar-refractivity contribution is 5.41. The Labute approximate surface area is 59.8 Å². The molecule has 1 aromatic heterocycles. The molecule has 2 N–H and O–H groups in total. The molecule has 0 amide bonds. The molecule has 0 radical (unpaired) electrons. The third-order valence-electron chi connectivity index (χ3n) is 1.16. The van der Waals surface area contributed by atoms with Crippen LogP contribution in [0.25, 0.3) is 0 Å². The number of aryl methyl sites for hydroxylation is 1. The van der Waals surface area contributed by atoms with Gasteiger partial charge in [0.1, 0.15) is 0 Å². The lowest BCUT2D eigenvalue weighted by molar-refractivity contribution is 0.397. The first-order valence-electron chi connectivity index (χ1n) is 3.00. The maximum atomic E-state index is 5.52. The Balaban J connectivity index is 3.06. The van der Waals surface area contributed by atoms with E-state index in [4.69, 9.17) is 10.5 Å². The van der Waals surface area contributed by atoms with Gasteiger partial charge in [-0.3, -0.25) is 0 Å². The van der Waals surface area contributed by atoms with Crippen molar-refractivity contribution in [2.75, 3.05) is 12.8 Å². The molecular formula is C7H10N2O. The van der Waals surface area contributed by atoms with Gasteiger partial charge in [0.05, 0.1) is 7.11 Å². The van der Waals surface area contributed by atoms with Crippen LogP contribution in [0.4, 0.5) is 5.69 Å². The van der Waals surface area contributed by atoms with E-state index in [9.17, 15) is 0 Å². The van der Waals surface area contributed by atoms with Crippen LogP contribution in [-0.2, 0) is 0 Å². The summed E-state index contributed by atoms with van der Waals surface area (Å²) in [5, 5.41) is 0. The number of hydrogen-bond donors (Lipinski definition) is 1. The maximum absolute atomic E-state index is 5.52. The fraction of sp³-hybridized carbons (Fsp3) is 0.286. The van der Waals surface area contributed by atoms with Crippen LogP contribution >= 0.6 is 0 Å². The first-order chi connectivity index (χ1) is 4.72. The molecule has 0 saturated carbocycles. The summed E-state index contributed by atoms with van der Waals surface area (Å²) in [6, 6.07) is 3.48. The second-order valence-electron chi connectivity index (χ2n) is 2.08. The van der Waals surface area contributed by atoms with E-state index in [0.29, 0.717) is 11.6 Å². The van der Waals surface area contributed by atoms with E-state index in [2.05, 4.69) is 4.98 Å². The molecular weight excluding hydrogens is 128 g/mol. The number of aromatic nitrogens is 1. The van der Waals surface area contributed by atoms with Gasteiger partial charge in [0.2, 0.25) is 5.88 Å². The molecule has 0 fully saturated rings. The average Bonchev–Trinajstić information content (AvgIpc) is 1.85. The normalized spacial score (nSPS) is 9.40. The van der Waals surface area contributed by atoms with Crippen molar-refractivity contribution < 1.29 is 4.74 Å². The van der Waals surface area contributed by atoms with E-state index in [1.165, 1.54) is 0 Å². The molecule has 0 aromatic carbocycles. The molecule has 0 saturated heterocycles. The Morgan fingerprint density at radius 1 is 1.50 bits per heavy atom. The third kappa shape index (κ3) is 1.37. The number of nitrogens with zero attached hydrogens (tertiary/aromatic N) is 1. The molecule has 54 valence electrons. The predicted octanol–water partition coefficient (Wildman–Crippen LogP) is 0.981. The smallest absolute Gasteiger partial charge is 0.215 e. The number of anilines is 1. The number of nitrogens with two attached hydrogens (primary N) is 1. The molecule has 1 aromatic rings. The van der Waals surface area contributed by atoms with Crippen molar-refractivity contribution in [1.29, 1.82) is 0 Å². The Hall–Kier alpha value is -1.25. The molecule has 0 aliphatic rings. The highest BCUT2D eigenvalue weighted by atomic mass is 16.5. The lowest BCUT2D eigenvalue weighted by Crippen LogP contribution is -1.93. The van der Waals surface area contributed by atoms with Crippen molar-refractivity contribution in [2.45, 2.75) is 6.92 Å². The summed E-state index contributed by atoms with van der Waals surface area (Å²) >= 11 is 0. The van der Waals surface area contributed by atoms with Crippen LogP contribution in [0.2, 0.25) is 0 Å². The van der Waals surface area contributed by atoms with Gasteiger partial charge < -0.3 is 10.5 Å². The van der Waals surface area contributed by atoms with Crippen molar-refractivity contribution >= 4 is 5.69 Å². The van der Waals surface area contributed by atoms with Crippen LogP contribution in [0.1, 0.15) is 5.69 Å². The second kappa shape index (κ2) is 2.56. The van der Waals surface area contributed by atoms with Crippen molar-refractivity contribution in [3.05, 3.63) is 17.8 Å². The molecule has 3 heteroatoms. The summed E-state index contributed by atoms with van der Waals surface area (Å²) in [6.07, 6.45) is 0. The van der Waals surface area contributed by atoms with Gasteiger partial charge >= 0.3 is 0 Å². The van der Waals surface area contributed by atoms with Crippen LogP contribution in [0.3, 0.4) is 0 Å². The van der Waals surface area contributed by atoms with Gasteiger partial charge in [-0.05, 0) is 13.0 Å². The second-order valence-corrected chi connectivity index (χ2v) is 2.08. The standard InChI is InChI=1S/C7H10N2O/c1-5-3-6(8)4-7(9-5)10-2/h3-4H,1-2H3,(H2,8,9). The molecule has 0 aliphatic heterocycles. The van der Waals surface area contributed by atoms with E-state index in [-0.39, 0.29) is 0 Å². The molecule has 0 spiro atoms. The number of nitrogen functional groups attached to an aromatic ring is 1. The van der Waals surface area contributed by atoms with Crippen LogP contribution in [0.5, 0.6) is 5.88 Å². The largest absolute Gasteiger partial charge is 0.481 e. The third-order valence-corrected chi connectivity index (χ3v) is 1.16. The molecule has 0 bridgehead atoms. The van der Waals surface area contributed by atoms with Gasteiger partial charge in [-0.15, -0.1) is 0 Å². The first kappa shape index (κ1) is 6.86. The van der Waals surface area contributed by atoms with E-state index < -0.39 is 0 Å². The monoisotopic (exact) mass is 138 g/mol. The summed E-state index contributed by atoms with van der Waals surface area (Å²) in [5.74, 6) is 0.567. The van der Waals surface area contributed by atoms with Gasteiger partial charge in [-0.1, -0.05) is 0 Å². The zero-order valence-electron chi connectivity index (χ0n) is 6.09. The van der Waals surface area contributed by atoms with Crippen LogP contribution in [0.15, 0.2) is 12.1 Å². The molecule has 0 atom stereocenters. The minimum Gasteiger partial charge on any atom is -0.481 e. The fourth-order valence-corrected chi connectivity index (χ4v) is 0.768. The molecule has 0 aliphatic carbocycles. The number of pyridine rings is 1. The highest BCUT2D eigenvalue weighted by Gasteiger charge is 1.94. The van der Waals surface area contributed by atoms with Gasteiger partial charge in [0, 0.05) is 17.4 Å². The summed E-state index contributed by atoms with van der Waals surface area (Å²) in [7, 11) is 1.57. The van der Waals surface area contributed by atoms with Crippen molar-refractivity contribution in [3.8, 4) is 5.88 Å². The van der Waals surface area contributed by atoms with E-state index in [0.717, 1.165) is 5.69 Å². The van der Waals surface area contributed by atoms with Crippen molar-refractivity contribution in [1.82, 2.24) is 4.98 Å². The lowest BCUT2D eigenvalue weighted by Gasteiger charge is -2.00. The Morgan fingerprint density at radius 2 is 2.20 bits per heavy atom. The van der Waals surface area contributed by atoms with E-state index in [1.807, 2.05) is 6.92 Å². The van der Waals surface area contributed by atoms with Gasteiger partial charge in [0.25, 0.3) is 0 Å². The Kier molecular flexibility index (Phi) is 1.76. The van der Waals surface area contributed by atoms with Crippen molar-refractivity contribution in [3.63, 3.8) is 0 Å². The highest BCUT2D eigenvalue weighted by Crippen LogP contribution is 2.12. The van der Waals surface area contributed by atoms with Crippen LogP contribution < -0.4 is 10.5 Å². The zero-order valence-corrected chi connectivity index (χ0v) is 6.09. The SMILES string of the molecule is COc1cc(N)cc(C)n1. The zero-order chi connectivity index (χ0) is 7.56. The van der Waals surface area contributed by atoms with Gasteiger partial charge in [-0.25, -0.2) is 4.98 Å². The quantitative estimate of drug-likeness (QED) is 0.629. The Morgan fingerprint density at radius 3 is 2.70 bits per heavy atom. The molecule has 0 unspecified atom stereocenters. The Bertz CT molecular complexity index is 215. The van der Waals surface area contributed by atoms with Gasteiger partial charge in [0.15, 0.2) is 0 Å². The maximum Gasteiger partial charge on any atom is 0.215 e. The minimum atomic E-state index is 0.567. The molecule has 10 heavy (non-hydrogen) atoms.